The molecule has 9 saturated heterocycles. The molecule has 13 atom stereocenters. The Morgan fingerprint density at radius 3 is 1.36 bits per heavy atom. The van der Waals surface area contributed by atoms with Crippen LogP contribution in [0, 0.1) is 0 Å². The van der Waals surface area contributed by atoms with E-state index >= 15 is 0 Å². The molecule has 0 aromatic heterocycles. The normalized spacial score (nSPS) is 28.3. The number of carbonyl (C=O) groups excluding carboxylic acids is 1. The first kappa shape index (κ1) is 93.9. The molecule has 1 aliphatic carbocycles. The van der Waals surface area contributed by atoms with Gasteiger partial charge < -0.3 is 92.9 Å². The fraction of sp³-hybridized carbons (Fsp3) is 0.560. The summed E-state index contributed by atoms with van der Waals surface area (Å²) in [6, 6.07) is 29.5. The van der Waals surface area contributed by atoms with Gasteiger partial charge in [-0.15, -0.1) is 59.2 Å². The molecular formula is C84H129NO21Si3. The molecule has 10 fully saturated rings. The fourth-order valence-corrected chi connectivity index (χ4v) is 21.4. The molecule has 0 radical (unpaired) electrons. The number of rotatable bonds is 19. The smallest absolute Gasteiger partial charge is 0.410 e. The molecule has 13 unspecified atom stereocenters. The molecule has 9 aliphatic heterocycles. The topological polar surface area (TPSA) is 205 Å². The van der Waals surface area contributed by atoms with Crippen molar-refractivity contribution in [3.05, 3.63) is 216 Å². The summed E-state index contributed by atoms with van der Waals surface area (Å²) in [5.74, 6) is 0.605. The number of ether oxygens (including phenoxy) is 14. The third-order valence-corrected chi connectivity index (χ3v) is 29.0. The van der Waals surface area contributed by atoms with Gasteiger partial charge in [0, 0.05) is 54.3 Å². The van der Waals surface area contributed by atoms with E-state index in [4.69, 9.17) is 92.9 Å². The number of amides is 1. The van der Waals surface area contributed by atoms with Gasteiger partial charge in [-0.2, -0.15) is 0 Å². The van der Waals surface area contributed by atoms with Crippen LogP contribution >= 0.6 is 0 Å². The van der Waals surface area contributed by atoms with Gasteiger partial charge in [-0.3, -0.25) is 4.90 Å². The lowest BCUT2D eigenvalue weighted by Gasteiger charge is -2.45. The van der Waals surface area contributed by atoms with Crippen LogP contribution in [0.5, 0.6) is 5.75 Å². The van der Waals surface area contributed by atoms with Gasteiger partial charge >= 0.3 is 31.8 Å². The average molecular weight is 1570 g/mol. The van der Waals surface area contributed by atoms with Crippen molar-refractivity contribution >= 4 is 31.8 Å². The maximum atomic E-state index is 11.4. The van der Waals surface area contributed by atoms with Gasteiger partial charge in [0.25, 0.3) is 13.0 Å². The van der Waals surface area contributed by atoms with E-state index in [1.54, 1.807) is 48.5 Å². The molecule has 0 bridgehead atoms. The van der Waals surface area contributed by atoms with Crippen molar-refractivity contribution < 1.29 is 97.7 Å². The Hall–Kier alpha value is -5.68. The Bertz CT molecular complexity index is 3150. The van der Waals surface area contributed by atoms with Crippen LogP contribution in [0.15, 0.2) is 199 Å². The SMILES string of the molecule is C=CC1COC(=O)N1Cc1ccccc1.C=CC1COC(OC)O1.C=CC1COC(OCC)O1.C=CC1COC(c2ccc(OC)cc2)O1.C=CC1COC(c2ccccc2)O1.C=CC1COC2(CCCCC2)O1.C=CC1CO[Si](C(C)(C)C)(C(C)(C)C)O1.C=CC1CO[Si](C)(C)O1.C=CC1CO[Si](CC)(CC)O1. The average Bonchev–Trinajstić information content (AvgIpc) is 1.60. The van der Waals surface area contributed by atoms with Crippen molar-refractivity contribution in [2.45, 2.75) is 222 Å². The maximum absolute atomic E-state index is 11.4. The molecule has 22 nitrogen and oxygen atoms in total. The molecule has 9 heterocycles. The predicted octanol–water partition coefficient (Wildman–Crippen LogP) is 17.4. The maximum Gasteiger partial charge on any atom is 0.410 e. The van der Waals surface area contributed by atoms with Gasteiger partial charge in [0.15, 0.2) is 18.4 Å². The zero-order chi connectivity index (χ0) is 80.1. The van der Waals surface area contributed by atoms with Crippen molar-refractivity contribution in [2.24, 2.45) is 0 Å². The molecule has 1 amide bonds. The largest absolute Gasteiger partial charge is 0.497 e. The number of hydrogen-bond acceptors (Lipinski definition) is 21. The van der Waals surface area contributed by atoms with Crippen LogP contribution in [0.25, 0.3) is 0 Å². The van der Waals surface area contributed by atoms with Gasteiger partial charge in [0.1, 0.15) is 42.9 Å². The van der Waals surface area contributed by atoms with Gasteiger partial charge in [-0.1, -0.05) is 189 Å². The van der Waals surface area contributed by atoms with E-state index in [9.17, 15) is 4.79 Å². The van der Waals surface area contributed by atoms with Crippen LogP contribution < -0.4 is 4.74 Å². The molecule has 1 saturated carbocycles. The van der Waals surface area contributed by atoms with Crippen molar-refractivity contribution in [1.29, 1.82) is 0 Å². The van der Waals surface area contributed by atoms with Crippen LogP contribution in [-0.4, -0.2) is 191 Å². The number of methoxy groups -OCH3 is 2. The summed E-state index contributed by atoms with van der Waals surface area (Å²) >= 11 is 0. The Morgan fingerprint density at radius 1 is 0.495 bits per heavy atom. The molecular weight excluding hydrogens is 1440 g/mol. The first-order valence-electron chi connectivity index (χ1n) is 37.9. The van der Waals surface area contributed by atoms with E-state index in [1.807, 2.05) is 123 Å². The predicted molar refractivity (Wildman–Crippen MR) is 432 cm³/mol. The van der Waals surface area contributed by atoms with E-state index in [-0.39, 0.29) is 89.4 Å². The van der Waals surface area contributed by atoms with Crippen molar-refractivity contribution in [3.63, 3.8) is 0 Å². The van der Waals surface area contributed by atoms with E-state index in [2.05, 4.69) is 115 Å². The standard InChI is InChI=1S/C12H13NO2.C12H14O3.C12H24O2Si.C11H12O2.C10H16O2.C8H16O2Si.C7H12O3.C6H10O3.C6H12O2Si/c1-2-11-9-15-12(14)13(11)8-10-6-4-3-5-7-10;1-3-10-8-14-12(15-10)9-4-6-11(13-2)7-5-9;1-8-10-9-13-15(14-10,11(2,3)4)12(5,6)7;1-2-10-8-12-11(13-10)9-6-4-3-5-7-9;1-2-9-8-11-10(12-9)6-4-3-5-7-10;1-4-8-7-9-11(5-2,6-3)10-8;1-3-6-5-9-7(10-6)8-4-2;1-3-5-4-8-6(7-2)9-5;1-4-6-5-7-9(2,3)8-6/h2-7,11H,1,8-9H2;3-7,10,12H,1,8H2,2H3;8,10H,1,9H2,2-7H3;2-7,10-11H,1,8H2;2,9H,1,3-8H2;4,8H,1,5-7H2,2-3H3;3,6-7H,1,4-5H2,2H3;3,5-6H,1,4H2,2H3;4,6H,1,5H2,2-3H3. The zero-order valence-electron chi connectivity index (χ0n) is 67.4. The number of nitrogens with zero attached hydrogens (tertiary/aromatic N) is 1. The van der Waals surface area contributed by atoms with Crippen molar-refractivity contribution in [1.82, 2.24) is 4.90 Å². The van der Waals surface area contributed by atoms with Crippen molar-refractivity contribution in [3.8, 4) is 5.75 Å². The third kappa shape index (κ3) is 30.3. The van der Waals surface area contributed by atoms with Crippen LogP contribution in [-0.2, 0) is 94.7 Å². The minimum Gasteiger partial charge on any atom is -0.497 e. The lowest BCUT2D eigenvalue weighted by atomic mass is 9.94. The summed E-state index contributed by atoms with van der Waals surface area (Å²) in [6.07, 6.45) is 21.7. The minimum absolute atomic E-state index is 0.00212. The summed E-state index contributed by atoms with van der Waals surface area (Å²) in [4.78, 5) is 13.1. The molecule has 3 aromatic rings. The van der Waals surface area contributed by atoms with Crippen LogP contribution in [0.1, 0.15) is 124 Å². The highest BCUT2D eigenvalue weighted by atomic mass is 28.4. The molecule has 10 aliphatic rings. The monoisotopic (exact) mass is 1570 g/mol. The van der Waals surface area contributed by atoms with Gasteiger partial charge in [-0.05, 0) is 62.6 Å². The second-order valence-corrected chi connectivity index (χ2v) is 40.8. The number of hydrogen-bond donors (Lipinski definition) is 0. The number of carbonyl (C=O) groups is 1. The van der Waals surface area contributed by atoms with Gasteiger partial charge in [-0.25, -0.2) is 4.79 Å². The van der Waals surface area contributed by atoms with Gasteiger partial charge in [0.05, 0.1) is 84.3 Å². The highest BCUT2D eigenvalue weighted by Gasteiger charge is 2.62. The van der Waals surface area contributed by atoms with Crippen LogP contribution in [0.3, 0.4) is 0 Å². The molecule has 25 heteroatoms. The Morgan fingerprint density at radius 2 is 0.963 bits per heavy atom. The van der Waals surface area contributed by atoms with Crippen LogP contribution in [0.2, 0.25) is 35.3 Å². The molecule has 13 rings (SSSR count). The van der Waals surface area contributed by atoms with E-state index in [1.165, 1.54) is 26.4 Å². The lowest BCUT2D eigenvalue weighted by molar-refractivity contribution is -0.231. The molecule has 0 N–H and O–H groups in total. The minimum atomic E-state index is -2.19. The summed E-state index contributed by atoms with van der Waals surface area (Å²) < 4.78 is 108. The molecule has 608 valence electrons. The quantitative estimate of drug-likeness (QED) is 0.0808. The molecule has 3 aromatic carbocycles. The second kappa shape index (κ2) is 47.7. The summed E-state index contributed by atoms with van der Waals surface area (Å²) in [5, 5.41) is 0.173. The summed E-state index contributed by atoms with van der Waals surface area (Å²) in [5.41, 5.74) is 3.16. The fourth-order valence-electron chi connectivity index (χ4n) is 12.5. The Labute approximate surface area is 654 Å². The highest BCUT2D eigenvalue weighted by molar-refractivity contribution is 6.74. The Kier molecular flexibility index (Phi) is 41.1. The van der Waals surface area contributed by atoms with E-state index in [0.717, 1.165) is 54.0 Å². The lowest BCUT2D eigenvalue weighted by Crippen LogP contribution is -2.54. The van der Waals surface area contributed by atoms with Crippen molar-refractivity contribution in [2.75, 3.05) is 80.3 Å². The third-order valence-electron chi connectivity index (χ3n) is 18.5. The Balaban J connectivity index is 0.000000221. The van der Waals surface area contributed by atoms with E-state index in [0.29, 0.717) is 66.0 Å². The summed E-state index contributed by atoms with van der Waals surface area (Å²) in [7, 11) is -2.44. The highest BCUT2D eigenvalue weighted by Crippen LogP contribution is 2.55. The summed E-state index contributed by atoms with van der Waals surface area (Å²) in [6.45, 7) is 62.2. The number of benzene rings is 3. The van der Waals surface area contributed by atoms with Gasteiger partial charge in [0.2, 0.25) is 0 Å². The number of cyclic esters (lactones) is 1. The van der Waals surface area contributed by atoms with Crippen LogP contribution in [0.4, 0.5) is 4.79 Å². The molecule has 109 heavy (non-hydrogen) atoms. The first-order chi connectivity index (χ1) is 52.1. The second-order valence-electron chi connectivity index (χ2n) is 29.0. The zero-order valence-corrected chi connectivity index (χ0v) is 70.4. The van der Waals surface area contributed by atoms with E-state index < -0.39 is 38.6 Å². The molecule has 1 spiro atoms. The first-order valence-corrected chi connectivity index (χ1v) is 44.8.